The summed E-state index contributed by atoms with van der Waals surface area (Å²) in [7, 11) is 3.28. The van der Waals surface area contributed by atoms with E-state index in [-0.39, 0.29) is 0 Å². The minimum atomic E-state index is 0.563. The molecule has 1 unspecified atom stereocenters. The van der Waals surface area contributed by atoms with Gasteiger partial charge >= 0.3 is 0 Å². The molecule has 0 amide bonds. The van der Waals surface area contributed by atoms with Gasteiger partial charge in [-0.25, -0.2) is 0 Å². The van der Waals surface area contributed by atoms with Gasteiger partial charge in [0, 0.05) is 0 Å². The molecule has 0 fully saturated rings. The molecule has 0 nitrogen and oxygen atoms in total. The average molecular weight is 315 g/mol. The first-order chi connectivity index (χ1) is 10.2. The fraction of sp³-hybridized carbons (Fsp3) is 1.00. The summed E-state index contributed by atoms with van der Waals surface area (Å²) in [6.07, 6.45) is 22.8. The van der Waals surface area contributed by atoms with Crippen LogP contribution in [0.25, 0.3) is 0 Å². The third-order valence-electron chi connectivity index (χ3n) is 4.83. The van der Waals surface area contributed by atoms with Crippen molar-refractivity contribution in [2.24, 2.45) is 0 Å². The standard InChI is InChI=1S/C20H43P/c1-4-7-10-12-15-18-20(21,17-14-9-6-3)19-16-13-11-8-5-2/h4-19,21H2,1-3H3. The van der Waals surface area contributed by atoms with Crippen molar-refractivity contribution in [1.29, 1.82) is 0 Å². The fourth-order valence-corrected chi connectivity index (χ4v) is 3.88. The Morgan fingerprint density at radius 3 is 1.14 bits per heavy atom. The Bertz CT molecular complexity index is 186. The van der Waals surface area contributed by atoms with Gasteiger partial charge in [0.25, 0.3) is 0 Å². The lowest BCUT2D eigenvalue weighted by Crippen LogP contribution is -2.20. The highest BCUT2D eigenvalue weighted by Crippen LogP contribution is 2.37. The lowest BCUT2D eigenvalue weighted by atomic mass is 9.88. The van der Waals surface area contributed by atoms with E-state index in [9.17, 15) is 0 Å². The van der Waals surface area contributed by atoms with Crippen LogP contribution in [0.2, 0.25) is 0 Å². The Kier molecular flexibility index (Phi) is 15.6. The number of rotatable bonds is 16. The van der Waals surface area contributed by atoms with Crippen molar-refractivity contribution >= 4 is 9.24 Å². The quantitative estimate of drug-likeness (QED) is 0.200. The summed E-state index contributed by atoms with van der Waals surface area (Å²) in [5.41, 5.74) is 0. The molecule has 0 aliphatic carbocycles. The highest BCUT2D eigenvalue weighted by Gasteiger charge is 2.22. The lowest BCUT2D eigenvalue weighted by Gasteiger charge is -2.30. The van der Waals surface area contributed by atoms with E-state index >= 15 is 0 Å². The van der Waals surface area contributed by atoms with Gasteiger partial charge in [0.15, 0.2) is 0 Å². The van der Waals surface area contributed by atoms with Crippen molar-refractivity contribution < 1.29 is 0 Å². The van der Waals surface area contributed by atoms with Crippen LogP contribution >= 0.6 is 9.24 Å². The summed E-state index contributed by atoms with van der Waals surface area (Å²) < 4.78 is 0. The molecule has 0 saturated carbocycles. The molecule has 0 spiro atoms. The average Bonchev–Trinajstić information content (AvgIpc) is 2.47. The summed E-state index contributed by atoms with van der Waals surface area (Å²) in [4.78, 5) is 0. The van der Waals surface area contributed by atoms with Gasteiger partial charge in [-0.15, -0.1) is 9.24 Å². The molecule has 1 atom stereocenters. The maximum atomic E-state index is 3.28. The van der Waals surface area contributed by atoms with Gasteiger partial charge in [-0.3, -0.25) is 0 Å². The predicted octanol–water partition coefficient (Wildman–Crippen LogP) is 7.90. The number of unbranched alkanes of at least 4 members (excludes halogenated alkanes) is 10. The van der Waals surface area contributed by atoms with Crippen LogP contribution in [-0.4, -0.2) is 5.16 Å². The van der Waals surface area contributed by atoms with E-state index in [4.69, 9.17) is 0 Å². The van der Waals surface area contributed by atoms with Crippen molar-refractivity contribution in [2.75, 3.05) is 0 Å². The van der Waals surface area contributed by atoms with E-state index in [1.807, 2.05) is 0 Å². The highest BCUT2D eigenvalue weighted by atomic mass is 31.0. The Hall–Kier alpha value is 0.430. The van der Waals surface area contributed by atoms with Crippen molar-refractivity contribution in [3.05, 3.63) is 0 Å². The first kappa shape index (κ1) is 21.4. The molecular weight excluding hydrogens is 271 g/mol. The van der Waals surface area contributed by atoms with Crippen LogP contribution in [0.3, 0.4) is 0 Å². The van der Waals surface area contributed by atoms with Gasteiger partial charge < -0.3 is 0 Å². The Balaban J connectivity index is 3.95. The third kappa shape index (κ3) is 13.8. The minimum Gasteiger partial charge on any atom is -0.131 e. The van der Waals surface area contributed by atoms with E-state index in [1.165, 1.54) is 103 Å². The summed E-state index contributed by atoms with van der Waals surface area (Å²) in [6, 6.07) is 0. The largest absolute Gasteiger partial charge is 0.131 e. The first-order valence-electron chi connectivity index (χ1n) is 9.97. The molecule has 0 rings (SSSR count). The smallest absolute Gasteiger partial charge is 0.0150 e. The molecule has 128 valence electrons. The maximum Gasteiger partial charge on any atom is -0.0150 e. The number of hydrogen-bond donors (Lipinski definition) is 0. The first-order valence-corrected chi connectivity index (χ1v) is 10.5. The van der Waals surface area contributed by atoms with Crippen LogP contribution < -0.4 is 0 Å². The normalized spacial score (nSPS) is 12.0. The molecule has 0 aliphatic heterocycles. The van der Waals surface area contributed by atoms with Crippen LogP contribution in [0.1, 0.15) is 124 Å². The SMILES string of the molecule is CCCCCCCC(P)(CCCCC)CCCCCCC. The zero-order valence-electron chi connectivity index (χ0n) is 15.4. The van der Waals surface area contributed by atoms with E-state index in [1.54, 1.807) is 0 Å². The van der Waals surface area contributed by atoms with Crippen LogP contribution in [0.5, 0.6) is 0 Å². The van der Waals surface area contributed by atoms with Crippen LogP contribution in [0.4, 0.5) is 0 Å². The van der Waals surface area contributed by atoms with Gasteiger partial charge in [0.2, 0.25) is 0 Å². The van der Waals surface area contributed by atoms with Gasteiger partial charge in [-0.2, -0.15) is 0 Å². The van der Waals surface area contributed by atoms with Crippen molar-refractivity contribution in [3.8, 4) is 0 Å². The van der Waals surface area contributed by atoms with E-state index < -0.39 is 0 Å². The molecule has 0 saturated heterocycles. The molecule has 0 aromatic heterocycles. The fourth-order valence-electron chi connectivity index (χ4n) is 3.26. The van der Waals surface area contributed by atoms with Gasteiger partial charge in [-0.1, -0.05) is 104 Å². The second-order valence-corrected chi connectivity index (χ2v) is 8.37. The summed E-state index contributed by atoms with van der Waals surface area (Å²) in [6.45, 7) is 6.93. The monoisotopic (exact) mass is 314 g/mol. The molecule has 0 radical (unpaired) electrons. The van der Waals surface area contributed by atoms with Gasteiger partial charge in [0.1, 0.15) is 0 Å². The number of hydrogen-bond acceptors (Lipinski definition) is 0. The molecule has 1 heteroatoms. The second kappa shape index (κ2) is 15.3. The zero-order chi connectivity index (χ0) is 15.8. The third-order valence-corrected chi connectivity index (χ3v) is 5.70. The van der Waals surface area contributed by atoms with Gasteiger partial charge in [0.05, 0.1) is 0 Å². The Labute approximate surface area is 138 Å². The lowest BCUT2D eigenvalue weighted by molar-refractivity contribution is 0.406. The highest BCUT2D eigenvalue weighted by molar-refractivity contribution is 7.19. The zero-order valence-corrected chi connectivity index (χ0v) is 16.5. The van der Waals surface area contributed by atoms with Crippen LogP contribution in [0.15, 0.2) is 0 Å². The topological polar surface area (TPSA) is 0 Å². The van der Waals surface area contributed by atoms with Gasteiger partial charge in [-0.05, 0) is 24.4 Å². The molecule has 0 aliphatic rings. The molecule has 0 aromatic carbocycles. The Morgan fingerprint density at radius 1 is 0.476 bits per heavy atom. The molecular formula is C20H43P. The molecule has 0 bridgehead atoms. The predicted molar refractivity (Wildman–Crippen MR) is 103 cm³/mol. The maximum absolute atomic E-state index is 3.28. The van der Waals surface area contributed by atoms with E-state index in [0.29, 0.717) is 5.16 Å². The molecule has 21 heavy (non-hydrogen) atoms. The molecule has 0 aromatic rings. The van der Waals surface area contributed by atoms with Crippen molar-refractivity contribution in [2.45, 2.75) is 129 Å². The Morgan fingerprint density at radius 2 is 0.762 bits per heavy atom. The minimum absolute atomic E-state index is 0.563. The summed E-state index contributed by atoms with van der Waals surface area (Å²) in [5.74, 6) is 0. The molecule has 0 heterocycles. The summed E-state index contributed by atoms with van der Waals surface area (Å²) in [5, 5.41) is 0.563. The second-order valence-electron chi connectivity index (χ2n) is 7.15. The van der Waals surface area contributed by atoms with Crippen LogP contribution in [-0.2, 0) is 0 Å². The van der Waals surface area contributed by atoms with E-state index in [2.05, 4.69) is 30.0 Å². The van der Waals surface area contributed by atoms with Crippen molar-refractivity contribution in [3.63, 3.8) is 0 Å². The van der Waals surface area contributed by atoms with E-state index in [0.717, 1.165) is 0 Å². The van der Waals surface area contributed by atoms with Crippen LogP contribution in [0, 0.1) is 0 Å². The summed E-state index contributed by atoms with van der Waals surface area (Å²) >= 11 is 0. The molecule has 0 N–H and O–H groups in total. The van der Waals surface area contributed by atoms with Crippen molar-refractivity contribution in [1.82, 2.24) is 0 Å².